The number of nitrogens with zero attached hydrogens (tertiary/aromatic N) is 3. The minimum atomic E-state index is -0.167. The fourth-order valence-corrected chi connectivity index (χ4v) is 1.74. The van der Waals surface area contributed by atoms with Gasteiger partial charge in [0.15, 0.2) is 0 Å². The normalized spacial score (nSPS) is 9.95. The van der Waals surface area contributed by atoms with Gasteiger partial charge >= 0.3 is 0 Å². The Bertz CT molecular complexity index is 638. The first-order valence-electron chi connectivity index (χ1n) is 6.42. The van der Waals surface area contributed by atoms with Crippen LogP contribution in [0.4, 0.5) is 0 Å². The number of rotatable bonds is 4. The second-order valence-corrected chi connectivity index (χ2v) is 4.26. The van der Waals surface area contributed by atoms with Crippen molar-refractivity contribution in [3.63, 3.8) is 0 Å². The van der Waals surface area contributed by atoms with E-state index >= 15 is 0 Å². The van der Waals surface area contributed by atoms with Gasteiger partial charge in [-0.3, -0.25) is 9.67 Å². The SMILES string of the molecule is CCc1cc(COc2cncc(C#CCO)c2)n(C)n1. The van der Waals surface area contributed by atoms with Gasteiger partial charge in [0.2, 0.25) is 0 Å². The van der Waals surface area contributed by atoms with Gasteiger partial charge in [0.1, 0.15) is 19.0 Å². The summed E-state index contributed by atoms with van der Waals surface area (Å²) in [5.41, 5.74) is 2.77. The summed E-state index contributed by atoms with van der Waals surface area (Å²) >= 11 is 0. The van der Waals surface area contributed by atoms with Crippen LogP contribution in [0.3, 0.4) is 0 Å². The molecule has 0 aromatic carbocycles. The van der Waals surface area contributed by atoms with E-state index in [2.05, 4.69) is 28.8 Å². The highest BCUT2D eigenvalue weighted by Crippen LogP contribution is 2.13. The fraction of sp³-hybridized carbons (Fsp3) is 0.333. The lowest BCUT2D eigenvalue weighted by Gasteiger charge is -2.06. The Hall–Kier alpha value is -2.32. The van der Waals surface area contributed by atoms with Crippen LogP contribution in [0.25, 0.3) is 0 Å². The summed E-state index contributed by atoms with van der Waals surface area (Å²) in [6.45, 7) is 2.34. The number of pyridine rings is 1. The molecule has 0 radical (unpaired) electrons. The summed E-state index contributed by atoms with van der Waals surface area (Å²) in [6.07, 6.45) is 4.18. The van der Waals surface area contributed by atoms with Crippen molar-refractivity contribution in [3.8, 4) is 17.6 Å². The van der Waals surface area contributed by atoms with E-state index in [4.69, 9.17) is 9.84 Å². The van der Waals surface area contributed by atoms with Crippen molar-refractivity contribution >= 4 is 0 Å². The van der Waals surface area contributed by atoms with Crippen LogP contribution < -0.4 is 4.74 Å². The highest BCUT2D eigenvalue weighted by Gasteiger charge is 2.05. The molecule has 0 saturated heterocycles. The van der Waals surface area contributed by atoms with Crippen LogP contribution in [0.1, 0.15) is 23.9 Å². The summed E-state index contributed by atoms with van der Waals surface area (Å²) in [5.74, 6) is 6.03. The van der Waals surface area contributed by atoms with E-state index in [-0.39, 0.29) is 6.61 Å². The maximum absolute atomic E-state index is 8.67. The number of aromatic nitrogens is 3. The van der Waals surface area contributed by atoms with Crippen LogP contribution in [-0.2, 0) is 20.1 Å². The van der Waals surface area contributed by atoms with Crippen LogP contribution >= 0.6 is 0 Å². The molecule has 5 nitrogen and oxygen atoms in total. The lowest BCUT2D eigenvalue weighted by Crippen LogP contribution is -2.03. The Labute approximate surface area is 118 Å². The number of aliphatic hydroxyl groups excluding tert-OH is 1. The number of ether oxygens (including phenoxy) is 1. The molecule has 0 bridgehead atoms. The summed E-state index contributed by atoms with van der Waals surface area (Å²) in [7, 11) is 1.90. The number of hydrogen-bond acceptors (Lipinski definition) is 4. The van der Waals surface area contributed by atoms with Gasteiger partial charge in [-0.05, 0) is 18.6 Å². The third kappa shape index (κ3) is 3.59. The van der Waals surface area contributed by atoms with Gasteiger partial charge < -0.3 is 9.84 Å². The number of hydrogen-bond donors (Lipinski definition) is 1. The summed E-state index contributed by atoms with van der Waals surface area (Å²) in [5, 5.41) is 13.0. The Morgan fingerprint density at radius 1 is 1.35 bits per heavy atom. The van der Waals surface area contributed by atoms with Crippen LogP contribution in [-0.4, -0.2) is 26.5 Å². The average molecular weight is 271 g/mol. The van der Waals surface area contributed by atoms with Crippen LogP contribution in [0.2, 0.25) is 0 Å². The molecule has 0 amide bonds. The van der Waals surface area contributed by atoms with E-state index in [9.17, 15) is 0 Å². The van der Waals surface area contributed by atoms with E-state index < -0.39 is 0 Å². The summed E-state index contributed by atoms with van der Waals surface area (Å²) in [6, 6.07) is 3.83. The molecule has 2 rings (SSSR count). The van der Waals surface area contributed by atoms with Gasteiger partial charge in [-0.25, -0.2) is 0 Å². The van der Waals surface area contributed by atoms with Gasteiger partial charge in [0, 0.05) is 18.8 Å². The largest absolute Gasteiger partial charge is 0.486 e. The molecule has 0 saturated carbocycles. The van der Waals surface area contributed by atoms with Gasteiger partial charge in [-0.1, -0.05) is 18.8 Å². The quantitative estimate of drug-likeness (QED) is 0.852. The van der Waals surface area contributed by atoms with Gasteiger partial charge in [-0.15, -0.1) is 0 Å². The van der Waals surface area contributed by atoms with Crippen molar-refractivity contribution in [3.05, 3.63) is 41.5 Å². The minimum Gasteiger partial charge on any atom is -0.486 e. The first-order chi connectivity index (χ1) is 9.72. The molecule has 0 fully saturated rings. The second-order valence-electron chi connectivity index (χ2n) is 4.26. The minimum absolute atomic E-state index is 0.167. The third-order valence-electron chi connectivity index (χ3n) is 2.80. The molecule has 2 aromatic heterocycles. The van der Waals surface area contributed by atoms with E-state index in [0.29, 0.717) is 12.4 Å². The van der Waals surface area contributed by atoms with Crippen LogP contribution in [0.5, 0.6) is 5.75 Å². The van der Waals surface area contributed by atoms with Crippen molar-refractivity contribution in [1.29, 1.82) is 0 Å². The maximum Gasteiger partial charge on any atom is 0.139 e. The molecule has 1 N–H and O–H groups in total. The lowest BCUT2D eigenvalue weighted by molar-refractivity contribution is 0.293. The van der Waals surface area contributed by atoms with Gasteiger partial charge in [0.25, 0.3) is 0 Å². The van der Waals surface area contributed by atoms with E-state index in [1.807, 2.05) is 17.8 Å². The zero-order valence-electron chi connectivity index (χ0n) is 11.6. The lowest BCUT2D eigenvalue weighted by atomic mass is 10.3. The Balaban J connectivity index is 2.04. The van der Waals surface area contributed by atoms with Crippen molar-refractivity contribution in [2.75, 3.05) is 6.61 Å². The summed E-state index contributed by atoms with van der Waals surface area (Å²) < 4.78 is 7.52. The maximum atomic E-state index is 8.67. The van der Waals surface area contributed by atoms with Crippen molar-refractivity contribution in [2.45, 2.75) is 20.0 Å². The molecule has 0 atom stereocenters. The zero-order chi connectivity index (χ0) is 14.4. The van der Waals surface area contributed by atoms with Crippen LogP contribution in [0, 0.1) is 11.8 Å². The molecule has 0 spiro atoms. The first-order valence-corrected chi connectivity index (χ1v) is 6.42. The molecule has 0 aliphatic carbocycles. The molecule has 0 aliphatic heterocycles. The highest BCUT2D eigenvalue weighted by atomic mass is 16.5. The highest BCUT2D eigenvalue weighted by molar-refractivity contribution is 5.36. The zero-order valence-corrected chi connectivity index (χ0v) is 11.6. The van der Waals surface area contributed by atoms with Crippen LogP contribution in [0.15, 0.2) is 24.5 Å². The van der Waals surface area contributed by atoms with Crippen molar-refractivity contribution in [2.24, 2.45) is 7.05 Å². The molecular formula is C15H17N3O2. The predicted molar refractivity (Wildman–Crippen MR) is 75.1 cm³/mol. The molecule has 0 aliphatic rings. The average Bonchev–Trinajstić information content (AvgIpc) is 2.84. The Morgan fingerprint density at radius 3 is 2.90 bits per heavy atom. The molecule has 2 aromatic rings. The van der Waals surface area contributed by atoms with Crippen molar-refractivity contribution < 1.29 is 9.84 Å². The molecule has 0 unspecified atom stereocenters. The first kappa shape index (κ1) is 14.1. The van der Waals surface area contributed by atoms with Gasteiger partial charge in [0.05, 0.1) is 17.6 Å². The number of aryl methyl sites for hydroxylation is 2. The molecule has 20 heavy (non-hydrogen) atoms. The molecule has 104 valence electrons. The smallest absolute Gasteiger partial charge is 0.139 e. The third-order valence-corrected chi connectivity index (χ3v) is 2.80. The van der Waals surface area contributed by atoms with Crippen molar-refractivity contribution in [1.82, 2.24) is 14.8 Å². The Morgan fingerprint density at radius 2 is 2.20 bits per heavy atom. The van der Waals surface area contributed by atoms with Gasteiger partial charge in [-0.2, -0.15) is 5.10 Å². The standard InChI is InChI=1S/C15H17N3O2/c1-3-13-8-14(18(2)17-13)11-20-15-7-12(5-4-6-19)9-16-10-15/h7-10,19H,3,6,11H2,1-2H3. The van der Waals surface area contributed by atoms with E-state index in [0.717, 1.165) is 23.4 Å². The topological polar surface area (TPSA) is 60.2 Å². The summed E-state index contributed by atoms with van der Waals surface area (Å²) in [4.78, 5) is 4.06. The second kappa shape index (κ2) is 6.73. The van der Waals surface area contributed by atoms with E-state index in [1.165, 1.54) is 0 Å². The Kier molecular flexibility index (Phi) is 4.75. The fourth-order valence-electron chi connectivity index (χ4n) is 1.74. The van der Waals surface area contributed by atoms with E-state index in [1.54, 1.807) is 18.5 Å². The molecular weight excluding hydrogens is 254 g/mol. The number of aliphatic hydroxyl groups is 1. The molecule has 5 heteroatoms. The monoisotopic (exact) mass is 271 g/mol. The predicted octanol–water partition coefficient (Wildman–Crippen LogP) is 1.30. The molecule has 2 heterocycles.